The maximum Gasteiger partial charge on any atom is 0.297 e. The first-order valence-electron chi connectivity index (χ1n) is 8.49. The largest absolute Gasteiger partial charge is 0.297 e. The number of hydrazine groups is 1. The lowest BCUT2D eigenvalue weighted by molar-refractivity contribution is -0.121. The molecule has 0 unspecified atom stereocenters. The number of carbonyl (C=O) groups excluding carboxylic acids is 1. The van der Waals surface area contributed by atoms with Crippen LogP contribution < -0.4 is 5.43 Å². The summed E-state index contributed by atoms with van der Waals surface area (Å²) >= 11 is 0. The Hall–Kier alpha value is -3.73. The van der Waals surface area contributed by atoms with Gasteiger partial charge in [-0.1, -0.05) is 66.7 Å². The van der Waals surface area contributed by atoms with Gasteiger partial charge in [0.2, 0.25) is 0 Å². The Balaban J connectivity index is 1.75. The molecule has 3 aromatic rings. The van der Waals surface area contributed by atoms with E-state index in [2.05, 4.69) is 10.4 Å². The molecule has 0 fully saturated rings. The smallest absolute Gasteiger partial charge is 0.290 e. The SMILES string of the molecule is O=C1C(=Cc2ccccc2F)N=C(c2ccccc2)N1Nc1ccccc1. The minimum atomic E-state index is -0.399. The number of amides is 1. The van der Waals surface area contributed by atoms with Crippen LogP contribution in [0.2, 0.25) is 0 Å². The number of para-hydroxylation sites is 1. The van der Waals surface area contributed by atoms with Crippen LogP contribution in [0.4, 0.5) is 10.1 Å². The lowest BCUT2D eigenvalue weighted by Crippen LogP contribution is -2.37. The first kappa shape index (κ1) is 16.7. The van der Waals surface area contributed by atoms with E-state index in [0.29, 0.717) is 11.4 Å². The molecule has 1 aliphatic heterocycles. The van der Waals surface area contributed by atoms with Gasteiger partial charge in [0.05, 0.1) is 5.69 Å². The molecule has 4 rings (SSSR count). The molecule has 0 aromatic heterocycles. The Kier molecular flexibility index (Phi) is 4.49. The van der Waals surface area contributed by atoms with E-state index in [1.54, 1.807) is 18.2 Å². The Morgan fingerprint density at radius 1 is 0.852 bits per heavy atom. The van der Waals surface area contributed by atoms with Crippen LogP contribution in [0.1, 0.15) is 11.1 Å². The first-order chi connectivity index (χ1) is 13.2. The number of amidine groups is 1. The topological polar surface area (TPSA) is 44.7 Å². The normalized spacial score (nSPS) is 15.1. The van der Waals surface area contributed by atoms with Crippen LogP contribution in [0.15, 0.2) is 95.6 Å². The Morgan fingerprint density at radius 3 is 2.19 bits per heavy atom. The maximum atomic E-state index is 14.0. The van der Waals surface area contributed by atoms with Gasteiger partial charge in [0, 0.05) is 11.1 Å². The van der Waals surface area contributed by atoms with Crippen molar-refractivity contribution in [2.75, 3.05) is 5.43 Å². The zero-order chi connectivity index (χ0) is 18.6. The Labute approximate surface area is 156 Å². The number of anilines is 1. The monoisotopic (exact) mass is 357 g/mol. The number of benzene rings is 3. The molecule has 1 aliphatic rings. The number of hydrogen-bond donors (Lipinski definition) is 1. The molecule has 0 spiro atoms. The molecule has 3 aromatic carbocycles. The van der Waals surface area contributed by atoms with E-state index in [-0.39, 0.29) is 11.6 Å². The summed E-state index contributed by atoms with van der Waals surface area (Å²) in [5.74, 6) is -0.281. The number of hydrogen-bond acceptors (Lipinski definition) is 3. The van der Waals surface area contributed by atoms with Gasteiger partial charge in [0.1, 0.15) is 11.5 Å². The number of aliphatic imine (C=N–C) groups is 1. The van der Waals surface area contributed by atoms with Crippen LogP contribution in [0.25, 0.3) is 6.08 Å². The third kappa shape index (κ3) is 3.48. The molecule has 0 atom stereocenters. The van der Waals surface area contributed by atoms with Crippen molar-refractivity contribution in [2.24, 2.45) is 4.99 Å². The lowest BCUT2D eigenvalue weighted by atomic mass is 10.2. The quantitative estimate of drug-likeness (QED) is 0.700. The molecule has 5 heteroatoms. The molecule has 132 valence electrons. The van der Waals surface area contributed by atoms with Gasteiger partial charge in [-0.2, -0.15) is 5.01 Å². The molecule has 27 heavy (non-hydrogen) atoms. The summed E-state index contributed by atoms with van der Waals surface area (Å²) in [4.78, 5) is 17.4. The minimum absolute atomic E-state index is 0.169. The van der Waals surface area contributed by atoms with Crippen LogP contribution in [0.3, 0.4) is 0 Å². The number of nitrogens with one attached hydrogen (secondary N) is 1. The van der Waals surface area contributed by atoms with Crippen LogP contribution in [0, 0.1) is 5.82 Å². The molecule has 1 N–H and O–H groups in total. The van der Waals surface area contributed by atoms with Crippen LogP contribution in [0.5, 0.6) is 0 Å². The van der Waals surface area contributed by atoms with E-state index in [1.165, 1.54) is 17.2 Å². The average Bonchev–Trinajstić information content (AvgIpc) is 3.01. The molecule has 4 nitrogen and oxygen atoms in total. The molecule has 0 saturated carbocycles. The van der Waals surface area contributed by atoms with E-state index in [4.69, 9.17) is 0 Å². The maximum absolute atomic E-state index is 14.0. The lowest BCUT2D eigenvalue weighted by Gasteiger charge is -2.20. The van der Waals surface area contributed by atoms with Gasteiger partial charge in [0.15, 0.2) is 5.84 Å². The van der Waals surface area contributed by atoms with Crippen LogP contribution >= 0.6 is 0 Å². The second-order valence-corrected chi connectivity index (χ2v) is 5.97. The van der Waals surface area contributed by atoms with Crippen molar-refractivity contribution < 1.29 is 9.18 Å². The second-order valence-electron chi connectivity index (χ2n) is 5.97. The molecular weight excluding hydrogens is 341 g/mol. The zero-order valence-corrected chi connectivity index (χ0v) is 14.3. The zero-order valence-electron chi connectivity index (χ0n) is 14.3. The minimum Gasteiger partial charge on any atom is -0.290 e. The summed E-state index contributed by atoms with van der Waals surface area (Å²) in [6.07, 6.45) is 1.47. The van der Waals surface area contributed by atoms with Gasteiger partial charge in [-0.15, -0.1) is 0 Å². The van der Waals surface area contributed by atoms with Crippen LogP contribution in [-0.2, 0) is 4.79 Å². The Bertz CT molecular complexity index is 1030. The fourth-order valence-corrected chi connectivity index (χ4v) is 2.78. The summed E-state index contributed by atoms with van der Waals surface area (Å²) in [5, 5.41) is 1.39. The van der Waals surface area contributed by atoms with Crippen molar-refractivity contribution in [3.63, 3.8) is 0 Å². The molecule has 1 amide bonds. The molecule has 0 bridgehead atoms. The van der Waals surface area contributed by atoms with Crippen molar-refractivity contribution >= 4 is 23.5 Å². The van der Waals surface area contributed by atoms with Gasteiger partial charge in [-0.05, 0) is 24.3 Å². The van der Waals surface area contributed by atoms with Crippen LogP contribution in [-0.4, -0.2) is 16.8 Å². The molecular formula is C22H16FN3O. The standard InChI is InChI=1S/C22H16FN3O/c23-19-14-8-7-11-17(19)15-20-22(27)26(25-18-12-5-2-6-13-18)21(24-20)16-9-3-1-4-10-16/h1-15,25H. The fraction of sp³-hybridized carbons (Fsp3) is 0. The van der Waals surface area contributed by atoms with Gasteiger partial charge in [0.25, 0.3) is 5.91 Å². The van der Waals surface area contributed by atoms with Crippen molar-refractivity contribution in [1.29, 1.82) is 0 Å². The summed E-state index contributed by atoms with van der Waals surface area (Å²) in [7, 11) is 0. The second kappa shape index (κ2) is 7.25. The molecule has 0 aliphatic carbocycles. The summed E-state index contributed by atoms with van der Waals surface area (Å²) in [6.45, 7) is 0. The van der Waals surface area contributed by atoms with E-state index >= 15 is 0 Å². The number of rotatable bonds is 4. The Morgan fingerprint density at radius 2 is 1.48 bits per heavy atom. The summed E-state index contributed by atoms with van der Waals surface area (Å²) in [6, 6.07) is 25.0. The van der Waals surface area contributed by atoms with Crippen molar-refractivity contribution in [3.05, 3.63) is 108 Å². The highest BCUT2D eigenvalue weighted by Gasteiger charge is 2.31. The number of halogens is 1. The highest BCUT2D eigenvalue weighted by Crippen LogP contribution is 2.23. The van der Waals surface area contributed by atoms with Gasteiger partial charge < -0.3 is 0 Å². The van der Waals surface area contributed by atoms with Crippen molar-refractivity contribution in [3.8, 4) is 0 Å². The summed E-state index contributed by atoms with van der Waals surface area (Å²) < 4.78 is 14.0. The molecule has 1 heterocycles. The van der Waals surface area contributed by atoms with E-state index in [1.807, 2.05) is 60.7 Å². The third-order valence-corrected chi connectivity index (χ3v) is 4.10. The van der Waals surface area contributed by atoms with E-state index in [0.717, 1.165) is 11.3 Å². The third-order valence-electron chi connectivity index (χ3n) is 4.10. The molecule has 0 saturated heterocycles. The van der Waals surface area contributed by atoms with Crippen molar-refractivity contribution in [2.45, 2.75) is 0 Å². The van der Waals surface area contributed by atoms with Gasteiger partial charge in [-0.25, -0.2) is 9.38 Å². The average molecular weight is 357 g/mol. The van der Waals surface area contributed by atoms with Gasteiger partial charge in [-0.3, -0.25) is 10.2 Å². The van der Waals surface area contributed by atoms with E-state index < -0.39 is 5.82 Å². The van der Waals surface area contributed by atoms with Gasteiger partial charge >= 0.3 is 0 Å². The van der Waals surface area contributed by atoms with E-state index in [9.17, 15) is 9.18 Å². The predicted octanol–water partition coefficient (Wildman–Crippen LogP) is 4.48. The van der Waals surface area contributed by atoms with Crippen molar-refractivity contribution in [1.82, 2.24) is 5.01 Å². The first-order valence-corrected chi connectivity index (χ1v) is 8.49. The summed E-state index contributed by atoms with van der Waals surface area (Å²) in [5.41, 5.74) is 5.11. The fourth-order valence-electron chi connectivity index (χ4n) is 2.78. The predicted molar refractivity (Wildman–Crippen MR) is 104 cm³/mol. The molecule has 0 radical (unpaired) electrons. The number of nitrogens with zero attached hydrogens (tertiary/aromatic N) is 2. The highest BCUT2D eigenvalue weighted by molar-refractivity contribution is 6.20. The highest BCUT2D eigenvalue weighted by atomic mass is 19.1. The number of carbonyl (C=O) groups is 1.